The molecule has 0 aliphatic rings. The Balaban J connectivity index is 2.02. The molecule has 106 valence electrons. The predicted octanol–water partition coefficient (Wildman–Crippen LogP) is 2.06. The van der Waals surface area contributed by atoms with Crippen molar-refractivity contribution >= 4 is 23.1 Å². The zero-order valence-corrected chi connectivity index (χ0v) is 11.3. The summed E-state index contributed by atoms with van der Waals surface area (Å²) in [5.74, 6) is 0.874. The normalized spacial score (nSPS) is 10.5. The number of rotatable bonds is 3. The van der Waals surface area contributed by atoms with E-state index in [-0.39, 0.29) is 11.8 Å². The maximum atomic E-state index is 11.2. The third-order valence-corrected chi connectivity index (χ3v) is 2.77. The molecule has 0 unspecified atom stereocenters. The molecule has 0 saturated carbocycles. The summed E-state index contributed by atoms with van der Waals surface area (Å²) in [4.78, 5) is 19.6. The van der Waals surface area contributed by atoms with Crippen LogP contribution in [-0.4, -0.2) is 20.3 Å². The van der Waals surface area contributed by atoms with Crippen LogP contribution in [0.3, 0.4) is 0 Å². The first-order chi connectivity index (χ1) is 10.1. The smallest absolute Gasteiger partial charge is 0.265 e. The number of ether oxygens (including phenoxy) is 1. The number of imidazole rings is 1. The number of para-hydroxylation sites is 2. The van der Waals surface area contributed by atoms with Crippen LogP contribution < -0.4 is 15.8 Å². The highest BCUT2D eigenvalue weighted by atomic mass is 16.5. The molecule has 21 heavy (non-hydrogen) atoms. The van der Waals surface area contributed by atoms with Gasteiger partial charge in [-0.15, -0.1) is 0 Å². The fraction of sp³-hybridized carbons (Fsp3) is 0.0714. The third kappa shape index (κ3) is 2.62. The highest BCUT2D eigenvalue weighted by Gasteiger charge is 2.11. The van der Waals surface area contributed by atoms with Crippen LogP contribution in [0.25, 0.3) is 5.65 Å². The van der Waals surface area contributed by atoms with Gasteiger partial charge in [-0.05, 0) is 12.1 Å². The van der Waals surface area contributed by atoms with Crippen LogP contribution in [0.15, 0.2) is 42.9 Å². The lowest BCUT2D eigenvalue weighted by molar-refractivity contribution is -0.114. The van der Waals surface area contributed by atoms with Crippen LogP contribution in [0.4, 0.5) is 11.5 Å². The van der Waals surface area contributed by atoms with E-state index in [1.54, 1.807) is 47.3 Å². The van der Waals surface area contributed by atoms with Crippen molar-refractivity contribution in [2.45, 2.75) is 6.92 Å². The van der Waals surface area contributed by atoms with E-state index < -0.39 is 0 Å². The summed E-state index contributed by atoms with van der Waals surface area (Å²) in [5.41, 5.74) is 6.84. The van der Waals surface area contributed by atoms with Crippen molar-refractivity contribution in [2.24, 2.45) is 0 Å². The molecule has 0 aliphatic carbocycles. The van der Waals surface area contributed by atoms with Gasteiger partial charge in [-0.3, -0.25) is 9.20 Å². The molecule has 2 aromatic heterocycles. The minimum Gasteiger partial charge on any atom is -0.434 e. The Bertz CT molecular complexity index is 812. The lowest BCUT2D eigenvalue weighted by Crippen LogP contribution is -2.07. The van der Waals surface area contributed by atoms with Crippen LogP contribution in [0.5, 0.6) is 11.6 Å². The van der Waals surface area contributed by atoms with Gasteiger partial charge in [0.1, 0.15) is 5.82 Å². The molecule has 1 aromatic carbocycles. The molecule has 1 amide bonds. The summed E-state index contributed by atoms with van der Waals surface area (Å²) in [6, 6.07) is 7.08. The highest BCUT2D eigenvalue weighted by molar-refractivity contribution is 5.90. The SMILES string of the molecule is CC(=O)Nc1ccccc1Oc1nc(N)cn2ccnc12. The van der Waals surface area contributed by atoms with Gasteiger partial charge < -0.3 is 15.8 Å². The number of anilines is 2. The van der Waals surface area contributed by atoms with Gasteiger partial charge in [0.25, 0.3) is 5.88 Å². The molecule has 0 spiro atoms. The van der Waals surface area contributed by atoms with E-state index in [1.165, 1.54) is 6.92 Å². The Morgan fingerprint density at radius 2 is 2.19 bits per heavy atom. The van der Waals surface area contributed by atoms with Gasteiger partial charge in [0.2, 0.25) is 11.6 Å². The molecule has 3 aromatic rings. The quantitative estimate of drug-likeness (QED) is 0.767. The fourth-order valence-corrected chi connectivity index (χ4v) is 1.94. The monoisotopic (exact) mass is 283 g/mol. The number of carbonyl (C=O) groups is 1. The van der Waals surface area contributed by atoms with Gasteiger partial charge in [-0.1, -0.05) is 12.1 Å². The second-order valence-corrected chi connectivity index (χ2v) is 4.41. The van der Waals surface area contributed by atoms with Crippen LogP contribution in [-0.2, 0) is 4.79 Å². The number of benzene rings is 1. The maximum Gasteiger partial charge on any atom is 0.265 e. The van der Waals surface area contributed by atoms with Crippen molar-refractivity contribution in [1.82, 2.24) is 14.4 Å². The Hall–Kier alpha value is -3.09. The molecule has 0 atom stereocenters. The minimum absolute atomic E-state index is 0.183. The number of nitrogens with zero attached hydrogens (tertiary/aromatic N) is 3. The number of carbonyl (C=O) groups excluding carboxylic acids is 1. The first-order valence-electron chi connectivity index (χ1n) is 6.27. The Labute approximate surface area is 120 Å². The van der Waals surface area contributed by atoms with Crippen LogP contribution >= 0.6 is 0 Å². The Morgan fingerprint density at radius 1 is 1.38 bits per heavy atom. The second-order valence-electron chi connectivity index (χ2n) is 4.41. The zero-order chi connectivity index (χ0) is 14.8. The van der Waals surface area contributed by atoms with Gasteiger partial charge in [0, 0.05) is 19.3 Å². The average molecular weight is 283 g/mol. The first-order valence-corrected chi connectivity index (χ1v) is 6.27. The number of aromatic nitrogens is 3. The minimum atomic E-state index is -0.183. The number of amides is 1. The molecule has 0 aliphatic heterocycles. The van der Waals surface area contributed by atoms with E-state index in [2.05, 4.69) is 15.3 Å². The van der Waals surface area contributed by atoms with E-state index >= 15 is 0 Å². The molecular formula is C14H13N5O2. The van der Waals surface area contributed by atoms with E-state index in [0.29, 0.717) is 22.9 Å². The van der Waals surface area contributed by atoms with E-state index in [0.717, 1.165) is 0 Å². The summed E-state index contributed by atoms with van der Waals surface area (Å²) in [6.07, 6.45) is 5.03. The summed E-state index contributed by atoms with van der Waals surface area (Å²) >= 11 is 0. The van der Waals surface area contributed by atoms with Crippen molar-refractivity contribution in [3.8, 4) is 11.6 Å². The van der Waals surface area contributed by atoms with E-state index in [9.17, 15) is 4.79 Å². The molecule has 2 heterocycles. The number of nitrogen functional groups attached to an aromatic ring is 1. The lowest BCUT2D eigenvalue weighted by atomic mass is 10.3. The summed E-state index contributed by atoms with van der Waals surface area (Å²) < 4.78 is 7.49. The van der Waals surface area contributed by atoms with Gasteiger partial charge >= 0.3 is 0 Å². The van der Waals surface area contributed by atoms with Crippen LogP contribution in [0, 0.1) is 0 Å². The highest BCUT2D eigenvalue weighted by Crippen LogP contribution is 2.30. The Kier molecular flexibility index (Phi) is 3.15. The molecule has 0 fully saturated rings. The molecular weight excluding hydrogens is 270 g/mol. The number of hydrogen-bond donors (Lipinski definition) is 2. The van der Waals surface area contributed by atoms with Crippen LogP contribution in [0.1, 0.15) is 6.92 Å². The molecule has 3 rings (SSSR count). The fourth-order valence-electron chi connectivity index (χ4n) is 1.94. The summed E-state index contributed by atoms with van der Waals surface area (Å²) in [7, 11) is 0. The van der Waals surface area contributed by atoms with Crippen molar-refractivity contribution in [3.05, 3.63) is 42.9 Å². The van der Waals surface area contributed by atoms with Crippen molar-refractivity contribution < 1.29 is 9.53 Å². The van der Waals surface area contributed by atoms with Gasteiger partial charge in [0.15, 0.2) is 5.75 Å². The molecule has 7 nitrogen and oxygen atoms in total. The second kappa shape index (κ2) is 5.12. The largest absolute Gasteiger partial charge is 0.434 e. The van der Waals surface area contributed by atoms with Gasteiger partial charge in [0.05, 0.1) is 11.9 Å². The van der Waals surface area contributed by atoms with Crippen molar-refractivity contribution in [3.63, 3.8) is 0 Å². The molecule has 3 N–H and O–H groups in total. The number of nitrogens with one attached hydrogen (secondary N) is 1. The summed E-state index contributed by atoms with van der Waals surface area (Å²) in [6.45, 7) is 1.43. The summed E-state index contributed by atoms with van der Waals surface area (Å²) in [5, 5.41) is 2.70. The van der Waals surface area contributed by atoms with E-state index in [4.69, 9.17) is 10.5 Å². The van der Waals surface area contributed by atoms with Crippen molar-refractivity contribution in [2.75, 3.05) is 11.1 Å². The van der Waals surface area contributed by atoms with Gasteiger partial charge in [-0.2, -0.15) is 4.98 Å². The average Bonchev–Trinajstić information content (AvgIpc) is 2.88. The Morgan fingerprint density at radius 3 is 3.00 bits per heavy atom. The van der Waals surface area contributed by atoms with E-state index in [1.807, 2.05) is 0 Å². The predicted molar refractivity (Wildman–Crippen MR) is 78.2 cm³/mol. The standard InChI is InChI=1S/C14H13N5O2/c1-9(20)17-10-4-2-3-5-11(10)21-14-13-16-6-7-19(13)8-12(15)18-14/h2-8H,15H2,1H3,(H,17,20). The van der Waals surface area contributed by atoms with Crippen LogP contribution in [0.2, 0.25) is 0 Å². The third-order valence-electron chi connectivity index (χ3n) is 2.77. The zero-order valence-electron chi connectivity index (χ0n) is 11.3. The molecule has 0 saturated heterocycles. The first kappa shape index (κ1) is 12.9. The maximum absolute atomic E-state index is 11.2. The number of nitrogens with two attached hydrogens (primary N) is 1. The van der Waals surface area contributed by atoms with Gasteiger partial charge in [-0.25, -0.2) is 4.98 Å². The number of hydrogen-bond acceptors (Lipinski definition) is 5. The topological polar surface area (TPSA) is 94.5 Å². The van der Waals surface area contributed by atoms with Crippen molar-refractivity contribution in [1.29, 1.82) is 0 Å². The molecule has 7 heteroatoms. The lowest BCUT2D eigenvalue weighted by Gasteiger charge is -2.11. The number of fused-ring (bicyclic) bond motifs is 1. The molecule has 0 bridgehead atoms. The molecule has 0 radical (unpaired) electrons.